The first-order valence-corrected chi connectivity index (χ1v) is 10.1. The smallest absolute Gasteiger partial charge is 0.365 e. The van der Waals surface area contributed by atoms with E-state index in [4.69, 9.17) is 9.47 Å². The number of allylic oxidation sites excluding steroid dienone is 1. The largest absolute Gasteiger partial charge is 0.464 e. The van der Waals surface area contributed by atoms with E-state index in [0.717, 1.165) is 11.8 Å². The fourth-order valence-corrected chi connectivity index (χ4v) is 5.65. The molecule has 0 amide bonds. The van der Waals surface area contributed by atoms with Crippen molar-refractivity contribution in [2.45, 2.75) is 18.2 Å². The summed E-state index contributed by atoms with van der Waals surface area (Å²) in [7, 11) is 3.03. The first kappa shape index (κ1) is 21.0. The van der Waals surface area contributed by atoms with Crippen LogP contribution in [0, 0.1) is 10.1 Å². The molecule has 3 rings (SSSR count). The summed E-state index contributed by atoms with van der Waals surface area (Å²) < 4.78 is 8.93. The van der Waals surface area contributed by atoms with Crippen molar-refractivity contribution < 1.29 is 24.0 Å². The lowest BCUT2D eigenvalue weighted by Crippen LogP contribution is -2.47. The Balaban J connectivity index is 2.04. The van der Waals surface area contributed by atoms with Crippen molar-refractivity contribution in [3.8, 4) is 0 Å². The summed E-state index contributed by atoms with van der Waals surface area (Å²) >= 11 is 2.32. The summed E-state index contributed by atoms with van der Waals surface area (Å²) in [6, 6.07) is 5.78. The second-order valence-electron chi connectivity index (χ2n) is 5.93. The first-order valence-electron chi connectivity index (χ1n) is 8.46. The number of rotatable bonds is 5. The van der Waals surface area contributed by atoms with Gasteiger partial charge in [-0.2, -0.15) is 5.10 Å². The number of non-ortho nitro benzene ring substituents is 1. The van der Waals surface area contributed by atoms with Crippen LogP contribution < -0.4 is 5.01 Å². The Morgan fingerprint density at radius 1 is 1.24 bits per heavy atom. The normalized spacial score (nSPS) is 20.9. The van der Waals surface area contributed by atoms with Crippen molar-refractivity contribution in [1.29, 1.82) is 0 Å². The molecule has 2 heterocycles. The van der Waals surface area contributed by atoms with Gasteiger partial charge in [-0.15, -0.1) is 0 Å². The highest BCUT2D eigenvalue weighted by Gasteiger charge is 2.56. The van der Waals surface area contributed by atoms with Gasteiger partial charge in [-0.1, -0.05) is 11.8 Å². The molecule has 0 aromatic heterocycles. The Bertz CT molecular complexity index is 932. The van der Waals surface area contributed by atoms with Crippen LogP contribution in [0.1, 0.15) is 13.8 Å². The summed E-state index contributed by atoms with van der Waals surface area (Å²) in [5.41, 5.74) is 1.11. The summed E-state index contributed by atoms with van der Waals surface area (Å²) in [5.74, 6) is -1.08. The number of hydrogen-bond donors (Lipinski definition) is 0. The van der Waals surface area contributed by atoms with Crippen molar-refractivity contribution in [2.75, 3.05) is 25.8 Å². The highest BCUT2D eigenvalue weighted by Crippen LogP contribution is 2.58. The Kier molecular flexibility index (Phi) is 5.75. The Labute approximate surface area is 175 Å². The van der Waals surface area contributed by atoms with Gasteiger partial charge in [0.1, 0.15) is 4.91 Å². The minimum absolute atomic E-state index is 0.0687. The lowest BCUT2D eigenvalue weighted by molar-refractivity contribution is -0.384. The Hall–Kier alpha value is -2.73. The molecule has 0 radical (unpaired) electrons. The number of nitro benzene ring substituents is 1. The third-order valence-corrected chi connectivity index (χ3v) is 7.34. The number of thioether (sulfide) groups is 2. The molecule has 1 aromatic rings. The molecule has 29 heavy (non-hydrogen) atoms. The SMILES string of the molecule is CCOC(=O)C1=C(C)N(C)[C@]2(SC(C(=O)OC)=NN2c2ccc([N+](=O)[O-])cc2)S1. The fraction of sp³-hybridized carbons (Fsp3) is 0.353. The van der Waals surface area contributed by atoms with Crippen molar-refractivity contribution in [3.05, 3.63) is 45.0 Å². The predicted octanol–water partition coefficient (Wildman–Crippen LogP) is 2.72. The van der Waals surface area contributed by atoms with Gasteiger partial charge in [-0.05, 0) is 37.7 Å². The highest BCUT2D eigenvalue weighted by molar-refractivity contribution is 8.28. The zero-order valence-electron chi connectivity index (χ0n) is 16.1. The second-order valence-corrected chi connectivity index (χ2v) is 8.53. The number of methoxy groups -OCH3 is 1. The maximum atomic E-state index is 12.4. The van der Waals surface area contributed by atoms with Gasteiger partial charge in [0.15, 0.2) is 0 Å². The van der Waals surface area contributed by atoms with Crippen LogP contribution >= 0.6 is 23.5 Å². The van der Waals surface area contributed by atoms with Crippen LogP contribution in [0.3, 0.4) is 0 Å². The van der Waals surface area contributed by atoms with Crippen LogP contribution in [0.5, 0.6) is 0 Å². The quantitative estimate of drug-likeness (QED) is 0.386. The minimum atomic E-state index is -1.02. The van der Waals surface area contributed by atoms with E-state index < -0.39 is 21.2 Å². The van der Waals surface area contributed by atoms with Crippen LogP contribution in [0.25, 0.3) is 0 Å². The van der Waals surface area contributed by atoms with Gasteiger partial charge in [-0.3, -0.25) is 10.1 Å². The van der Waals surface area contributed by atoms with Crippen molar-refractivity contribution in [3.63, 3.8) is 0 Å². The number of nitrogens with zero attached hydrogens (tertiary/aromatic N) is 4. The second kappa shape index (κ2) is 7.95. The molecule has 1 spiro atoms. The molecule has 0 unspecified atom stereocenters. The van der Waals surface area contributed by atoms with Gasteiger partial charge in [-0.25, -0.2) is 14.6 Å². The molecular formula is C17H18N4O6S2. The summed E-state index contributed by atoms with van der Waals surface area (Å²) in [6.07, 6.45) is 0. The average Bonchev–Trinajstić information content (AvgIpc) is 3.21. The number of esters is 2. The van der Waals surface area contributed by atoms with Crippen molar-refractivity contribution in [1.82, 2.24) is 4.90 Å². The molecule has 154 valence electrons. The van der Waals surface area contributed by atoms with Crippen LogP contribution in [0.2, 0.25) is 0 Å². The van der Waals surface area contributed by atoms with Gasteiger partial charge in [0.05, 0.1) is 24.3 Å². The van der Waals surface area contributed by atoms with Gasteiger partial charge < -0.3 is 14.4 Å². The molecule has 10 nitrogen and oxygen atoms in total. The van der Waals surface area contributed by atoms with Crippen LogP contribution in [0.4, 0.5) is 11.4 Å². The van der Waals surface area contributed by atoms with E-state index >= 15 is 0 Å². The van der Waals surface area contributed by atoms with Crippen molar-refractivity contribution in [2.24, 2.45) is 5.10 Å². The molecule has 2 aliphatic heterocycles. The molecule has 2 aliphatic rings. The zero-order chi connectivity index (χ0) is 21.3. The van der Waals surface area contributed by atoms with Gasteiger partial charge >= 0.3 is 11.9 Å². The number of anilines is 1. The van der Waals surface area contributed by atoms with Gasteiger partial charge in [0, 0.05) is 24.9 Å². The van der Waals surface area contributed by atoms with Crippen LogP contribution in [-0.2, 0) is 19.1 Å². The summed E-state index contributed by atoms with van der Waals surface area (Å²) in [5, 5.41) is 17.0. The van der Waals surface area contributed by atoms with E-state index in [9.17, 15) is 19.7 Å². The molecule has 0 bridgehead atoms. The highest BCUT2D eigenvalue weighted by atomic mass is 32.2. The molecule has 0 aliphatic carbocycles. The number of benzene rings is 1. The van der Waals surface area contributed by atoms with E-state index in [1.165, 1.54) is 43.1 Å². The third-order valence-electron chi connectivity index (χ3n) is 4.30. The maximum Gasteiger partial charge on any atom is 0.365 e. The Morgan fingerprint density at radius 3 is 2.45 bits per heavy atom. The van der Waals surface area contributed by atoms with E-state index in [-0.39, 0.29) is 17.3 Å². The minimum Gasteiger partial charge on any atom is -0.464 e. The number of carbonyl (C=O) groups excluding carboxylic acids is 2. The van der Waals surface area contributed by atoms with Gasteiger partial charge in [0.25, 0.3) is 5.69 Å². The zero-order valence-corrected chi connectivity index (χ0v) is 17.7. The number of hydrazone groups is 1. The van der Waals surface area contributed by atoms with E-state index in [1.54, 1.807) is 25.9 Å². The Morgan fingerprint density at radius 2 is 1.90 bits per heavy atom. The third kappa shape index (κ3) is 3.53. The topological polar surface area (TPSA) is 115 Å². The van der Waals surface area contributed by atoms with Crippen LogP contribution in [0.15, 0.2) is 40.0 Å². The predicted molar refractivity (Wildman–Crippen MR) is 110 cm³/mol. The van der Waals surface area contributed by atoms with Crippen molar-refractivity contribution >= 4 is 51.9 Å². The molecule has 0 saturated carbocycles. The molecule has 0 saturated heterocycles. The molecule has 12 heteroatoms. The number of hydrogen-bond acceptors (Lipinski definition) is 11. The summed E-state index contributed by atoms with van der Waals surface area (Å²) in [4.78, 5) is 37.3. The fourth-order valence-electron chi connectivity index (χ4n) is 2.75. The van der Waals surface area contributed by atoms with E-state index in [0.29, 0.717) is 16.3 Å². The van der Waals surface area contributed by atoms with E-state index in [1.807, 2.05) is 4.90 Å². The molecule has 1 atom stereocenters. The number of ether oxygens (including phenoxy) is 2. The number of carbonyl (C=O) groups is 2. The standard InChI is InChI=1S/C17H18N4O6S2/c1-5-27-15(22)13-10(2)19(3)17(28-13)20(18-14(29-17)16(23)26-4)11-6-8-12(9-7-11)21(24)25/h6-9H,5H2,1-4H3/t17-/m1/s1. The summed E-state index contributed by atoms with van der Waals surface area (Å²) in [6.45, 7) is 3.73. The average molecular weight is 438 g/mol. The first-order chi connectivity index (χ1) is 13.7. The lowest BCUT2D eigenvalue weighted by Gasteiger charge is -2.39. The molecule has 1 aromatic carbocycles. The van der Waals surface area contributed by atoms with Gasteiger partial charge in [0.2, 0.25) is 9.37 Å². The monoisotopic (exact) mass is 438 g/mol. The number of nitro groups is 1. The lowest BCUT2D eigenvalue weighted by atomic mass is 10.3. The van der Waals surface area contributed by atoms with Crippen LogP contribution in [-0.4, -0.2) is 51.9 Å². The molecule has 0 N–H and O–H groups in total. The maximum absolute atomic E-state index is 12.4. The molecule has 0 fully saturated rings. The molecular weight excluding hydrogens is 420 g/mol. The van der Waals surface area contributed by atoms with E-state index in [2.05, 4.69) is 5.10 Å².